The van der Waals surface area contributed by atoms with Gasteiger partial charge in [-0.1, -0.05) is 49.7 Å². The fraction of sp³-hybridized carbons (Fsp3) is 0.483. The fourth-order valence-corrected chi connectivity index (χ4v) is 5.90. The number of rotatable bonds is 6. The van der Waals surface area contributed by atoms with Crippen molar-refractivity contribution in [1.29, 1.82) is 0 Å². The first-order valence-corrected chi connectivity index (χ1v) is 13.5. The largest absolute Gasteiger partial charge is 0.481 e. The van der Waals surface area contributed by atoms with Crippen LogP contribution in [-0.2, 0) is 20.6 Å². The minimum atomic E-state index is -4.57. The molecule has 2 aromatic carbocycles. The molecule has 39 heavy (non-hydrogen) atoms. The van der Waals surface area contributed by atoms with E-state index >= 15 is 0 Å². The number of hydrogen-bond acceptors (Lipinski definition) is 3. The highest BCUT2D eigenvalue weighted by Gasteiger charge is 2.40. The summed E-state index contributed by atoms with van der Waals surface area (Å²) in [5, 5.41) is 9.63. The van der Waals surface area contributed by atoms with Crippen LogP contribution in [0.15, 0.2) is 42.5 Å². The Balaban J connectivity index is 1.75. The number of aliphatic carboxylic acids is 1. The van der Waals surface area contributed by atoms with Crippen LogP contribution in [0.4, 0.5) is 13.2 Å². The Morgan fingerprint density at radius 3 is 2.31 bits per heavy atom. The van der Waals surface area contributed by atoms with E-state index in [4.69, 9.17) is 11.6 Å². The second kappa shape index (κ2) is 11.6. The smallest absolute Gasteiger partial charge is 0.416 e. The van der Waals surface area contributed by atoms with Crippen molar-refractivity contribution in [3.8, 4) is 0 Å². The maximum atomic E-state index is 14.0. The first kappa shape index (κ1) is 28.9. The number of benzene rings is 2. The summed E-state index contributed by atoms with van der Waals surface area (Å²) >= 11 is 6.53. The minimum absolute atomic E-state index is 0.0111. The second-order valence-corrected chi connectivity index (χ2v) is 11.2. The molecule has 1 saturated heterocycles. The van der Waals surface area contributed by atoms with Crippen molar-refractivity contribution < 1.29 is 32.7 Å². The maximum absolute atomic E-state index is 14.0. The monoisotopic (exact) mass is 564 g/mol. The van der Waals surface area contributed by atoms with Gasteiger partial charge >= 0.3 is 12.1 Å². The predicted octanol–water partition coefficient (Wildman–Crippen LogP) is 5.79. The van der Waals surface area contributed by atoms with Gasteiger partial charge in [-0.05, 0) is 60.1 Å². The molecule has 1 fully saturated rings. The zero-order valence-corrected chi connectivity index (χ0v) is 22.6. The summed E-state index contributed by atoms with van der Waals surface area (Å²) in [6.07, 6.45) is -3.50. The quantitative estimate of drug-likeness (QED) is 0.482. The topological polar surface area (TPSA) is 77.9 Å². The van der Waals surface area contributed by atoms with Crippen LogP contribution < -0.4 is 0 Å². The van der Waals surface area contributed by atoms with Crippen LogP contribution in [0.5, 0.6) is 0 Å². The van der Waals surface area contributed by atoms with E-state index in [0.29, 0.717) is 41.0 Å². The lowest BCUT2D eigenvalue weighted by Crippen LogP contribution is -2.47. The molecule has 2 heterocycles. The first-order chi connectivity index (χ1) is 18.4. The number of likely N-dealkylation sites (tertiary alicyclic amines) is 1. The molecule has 2 unspecified atom stereocenters. The number of carboxylic acids is 1. The third-order valence-electron chi connectivity index (χ3n) is 7.69. The molecular formula is C29H32ClF3N2O4. The molecule has 0 saturated carbocycles. The zero-order valence-electron chi connectivity index (χ0n) is 21.9. The van der Waals surface area contributed by atoms with Crippen molar-refractivity contribution in [1.82, 2.24) is 9.80 Å². The van der Waals surface area contributed by atoms with E-state index < -0.39 is 35.5 Å². The number of piperidine rings is 1. The highest BCUT2D eigenvalue weighted by atomic mass is 35.5. The highest BCUT2D eigenvalue weighted by Crippen LogP contribution is 2.43. The van der Waals surface area contributed by atoms with Crippen LogP contribution in [0.1, 0.15) is 67.2 Å². The molecule has 2 atom stereocenters. The summed E-state index contributed by atoms with van der Waals surface area (Å²) in [6, 6.07) is 10.4. The highest BCUT2D eigenvalue weighted by molar-refractivity contribution is 6.31. The number of alkyl halides is 3. The second-order valence-electron chi connectivity index (χ2n) is 10.8. The molecule has 0 spiro atoms. The van der Waals surface area contributed by atoms with Crippen molar-refractivity contribution in [3.05, 3.63) is 69.7 Å². The van der Waals surface area contributed by atoms with E-state index in [0.717, 1.165) is 12.1 Å². The molecule has 210 valence electrons. The van der Waals surface area contributed by atoms with Gasteiger partial charge in [0.15, 0.2) is 0 Å². The van der Waals surface area contributed by atoms with Crippen LogP contribution in [-0.4, -0.2) is 58.9 Å². The summed E-state index contributed by atoms with van der Waals surface area (Å²) < 4.78 is 41.4. The molecule has 10 heteroatoms. The summed E-state index contributed by atoms with van der Waals surface area (Å²) in [5.41, 5.74) is 0.676. The Bertz CT molecular complexity index is 1240. The van der Waals surface area contributed by atoms with E-state index in [-0.39, 0.29) is 43.9 Å². The van der Waals surface area contributed by atoms with Crippen molar-refractivity contribution >= 4 is 29.4 Å². The molecule has 2 aromatic rings. The molecular weight excluding hydrogens is 533 g/mol. The summed E-state index contributed by atoms with van der Waals surface area (Å²) in [4.78, 5) is 41.6. The molecule has 2 aliphatic heterocycles. The van der Waals surface area contributed by atoms with Gasteiger partial charge in [-0.2, -0.15) is 13.2 Å². The molecule has 6 nitrogen and oxygen atoms in total. The van der Waals surface area contributed by atoms with Crippen LogP contribution in [0.25, 0.3) is 0 Å². The number of carbonyl (C=O) groups excluding carboxylic acids is 2. The normalized spacial score (nSPS) is 20.6. The van der Waals surface area contributed by atoms with Crippen LogP contribution in [0.3, 0.4) is 0 Å². The molecule has 2 amide bonds. The molecule has 1 N–H and O–H groups in total. The van der Waals surface area contributed by atoms with Gasteiger partial charge in [-0.25, -0.2) is 0 Å². The van der Waals surface area contributed by atoms with E-state index in [1.807, 2.05) is 13.8 Å². The number of fused-ring (bicyclic) bond motifs is 1. The van der Waals surface area contributed by atoms with Crippen molar-refractivity contribution in [2.45, 2.75) is 51.1 Å². The third kappa shape index (κ3) is 6.40. The summed E-state index contributed by atoms with van der Waals surface area (Å²) in [5.74, 6) is -3.35. The molecule has 4 rings (SSSR count). The SMILES string of the molecule is CC(C)CC1C(=O)N(CC(=O)N2CCC(C(=O)O)CC2)CC(c2ccccc2Cl)c2cc(C(F)(F)F)ccc21. The Kier molecular flexibility index (Phi) is 8.59. The van der Waals surface area contributed by atoms with Crippen molar-refractivity contribution in [2.75, 3.05) is 26.2 Å². The van der Waals surface area contributed by atoms with Crippen LogP contribution in [0, 0.1) is 11.8 Å². The van der Waals surface area contributed by atoms with E-state index in [1.165, 1.54) is 11.0 Å². The van der Waals surface area contributed by atoms with Gasteiger partial charge in [0.1, 0.15) is 0 Å². The molecule has 0 bridgehead atoms. The molecule has 0 radical (unpaired) electrons. The Hall–Kier alpha value is -3.07. The Labute approximate surface area is 230 Å². The van der Waals surface area contributed by atoms with E-state index in [9.17, 15) is 32.7 Å². The van der Waals surface area contributed by atoms with Gasteiger partial charge in [0.25, 0.3) is 0 Å². The lowest BCUT2D eigenvalue weighted by atomic mass is 9.81. The summed E-state index contributed by atoms with van der Waals surface area (Å²) in [7, 11) is 0. The molecule has 0 aromatic heterocycles. The van der Waals surface area contributed by atoms with Gasteiger partial charge < -0.3 is 14.9 Å². The molecule has 0 aliphatic carbocycles. The van der Waals surface area contributed by atoms with Crippen LogP contribution in [0.2, 0.25) is 5.02 Å². The van der Waals surface area contributed by atoms with Gasteiger partial charge in [-0.15, -0.1) is 0 Å². The zero-order chi connectivity index (χ0) is 28.5. The van der Waals surface area contributed by atoms with E-state index in [2.05, 4.69) is 0 Å². The predicted molar refractivity (Wildman–Crippen MR) is 140 cm³/mol. The van der Waals surface area contributed by atoms with Gasteiger partial charge in [-0.3, -0.25) is 14.4 Å². The van der Waals surface area contributed by atoms with Crippen molar-refractivity contribution in [3.63, 3.8) is 0 Å². The number of nitrogens with zero attached hydrogens (tertiary/aromatic N) is 2. The van der Waals surface area contributed by atoms with Crippen molar-refractivity contribution in [2.24, 2.45) is 11.8 Å². The van der Waals surface area contributed by atoms with E-state index in [1.54, 1.807) is 29.2 Å². The van der Waals surface area contributed by atoms with Gasteiger partial charge in [0.2, 0.25) is 11.8 Å². The summed E-state index contributed by atoms with van der Waals surface area (Å²) in [6.45, 7) is 4.17. The van der Waals surface area contributed by atoms with Gasteiger partial charge in [0.05, 0.1) is 23.9 Å². The number of amides is 2. The van der Waals surface area contributed by atoms with Crippen LogP contribution >= 0.6 is 11.6 Å². The number of halogens is 4. The maximum Gasteiger partial charge on any atom is 0.416 e. The fourth-order valence-electron chi connectivity index (χ4n) is 5.64. The Morgan fingerprint density at radius 1 is 1.05 bits per heavy atom. The molecule has 2 aliphatic rings. The average molecular weight is 565 g/mol. The lowest BCUT2D eigenvalue weighted by Gasteiger charge is -2.33. The first-order valence-electron chi connectivity index (χ1n) is 13.1. The minimum Gasteiger partial charge on any atom is -0.481 e. The number of hydrogen-bond donors (Lipinski definition) is 1. The lowest BCUT2D eigenvalue weighted by molar-refractivity contribution is -0.147. The Morgan fingerprint density at radius 2 is 1.72 bits per heavy atom. The number of carbonyl (C=O) groups is 3. The average Bonchev–Trinajstić information content (AvgIpc) is 2.98. The van der Waals surface area contributed by atoms with Gasteiger partial charge in [0, 0.05) is 30.6 Å². The third-order valence-corrected chi connectivity index (χ3v) is 8.03. The standard InChI is InChI=1S/C29H32ClF3N2O4/c1-17(2)13-23-20-8-7-19(29(31,32)33)14-22(20)24(21-5-3-4-6-25(21)30)15-35(27(23)37)16-26(36)34-11-9-18(10-12-34)28(38)39/h3-8,14,17-18,23-24H,9-13,15-16H2,1-2H3,(H,38,39). The number of carboxylic acid groups (broad SMARTS) is 1.